The van der Waals surface area contributed by atoms with Crippen molar-refractivity contribution in [2.75, 3.05) is 5.75 Å². The average molecular weight is 292 g/mol. The van der Waals surface area contributed by atoms with Crippen LogP contribution in [-0.4, -0.2) is 32.9 Å². The van der Waals surface area contributed by atoms with E-state index in [1.807, 2.05) is 19.9 Å². The maximum absolute atomic E-state index is 11.6. The van der Waals surface area contributed by atoms with Gasteiger partial charge in [-0.2, -0.15) is 0 Å². The van der Waals surface area contributed by atoms with Gasteiger partial charge in [-0.1, -0.05) is 18.7 Å². The molecule has 1 atom stereocenters. The first-order valence-corrected chi connectivity index (χ1v) is 7.33. The second kappa shape index (κ2) is 7.04. The number of carbonyl (C=O) groups excluding carboxylic acids is 1. The van der Waals surface area contributed by atoms with Gasteiger partial charge in [0.25, 0.3) is 5.22 Å². The number of pyridine rings is 1. The lowest BCUT2D eigenvalue weighted by molar-refractivity contribution is -0.119. The lowest BCUT2D eigenvalue weighted by Crippen LogP contribution is -2.33. The van der Waals surface area contributed by atoms with Crippen LogP contribution < -0.4 is 5.32 Å². The van der Waals surface area contributed by atoms with Crippen LogP contribution in [0.3, 0.4) is 0 Å². The highest BCUT2D eigenvalue weighted by molar-refractivity contribution is 7.99. The number of nitrogens with one attached hydrogen (secondary N) is 1. The Hall–Kier alpha value is -1.89. The number of hydrogen-bond donors (Lipinski definition) is 1. The molecule has 2 rings (SSSR count). The molecular formula is C13H16N4O2S. The first-order chi connectivity index (χ1) is 9.69. The summed E-state index contributed by atoms with van der Waals surface area (Å²) in [5.74, 6) is 0.632. The summed E-state index contributed by atoms with van der Waals surface area (Å²) in [7, 11) is 0. The molecule has 0 saturated heterocycles. The van der Waals surface area contributed by atoms with Gasteiger partial charge in [-0.05, 0) is 25.5 Å². The number of carbonyl (C=O) groups is 1. The van der Waals surface area contributed by atoms with Crippen LogP contribution >= 0.6 is 11.8 Å². The smallest absolute Gasteiger partial charge is 0.277 e. The molecule has 0 radical (unpaired) electrons. The van der Waals surface area contributed by atoms with E-state index in [1.165, 1.54) is 11.8 Å². The SMILES string of the molecule is CC[C@H](C)NC(=O)CSc1nnc(-c2cccnc2)o1. The van der Waals surface area contributed by atoms with Crippen molar-refractivity contribution < 1.29 is 9.21 Å². The Morgan fingerprint density at radius 1 is 1.50 bits per heavy atom. The van der Waals surface area contributed by atoms with E-state index in [0.29, 0.717) is 11.1 Å². The largest absolute Gasteiger partial charge is 0.411 e. The average Bonchev–Trinajstić information content (AvgIpc) is 2.95. The summed E-state index contributed by atoms with van der Waals surface area (Å²) in [6.07, 6.45) is 4.23. The fourth-order valence-electron chi connectivity index (χ4n) is 1.42. The van der Waals surface area contributed by atoms with Crippen molar-refractivity contribution in [2.45, 2.75) is 31.5 Å². The minimum Gasteiger partial charge on any atom is -0.411 e. The van der Waals surface area contributed by atoms with Gasteiger partial charge >= 0.3 is 0 Å². The molecule has 0 aromatic carbocycles. The van der Waals surface area contributed by atoms with Crippen molar-refractivity contribution in [3.63, 3.8) is 0 Å². The number of hydrogen-bond acceptors (Lipinski definition) is 6. The van der Waals surface area contributed by atoms with E-state index in [2.05, 4.69) is 20.5 Å². The van der Waals surface area contributed by atoms with Gasteiger partial charge < -0.3 is 9.73 Å². The van der Waals surface area contributed by atoms with Crippen LogP contribution in [0.2, 0.25) is 0 Å². The van der Waals surface area contributed by atoms with E-state index in [4.69, 9.17) is 4.42 Å². The molecule has 0 aliphatic rings. The van der Waals surface area contributed by atoms with Crippen molar-refractivity contribution >= 4 is 17.7 Å². The molecule has 7 heteroatoms. The maximum Gasteiger partial charge on any atom is 0.277 e. The molecule has 0 saturated carbocycles. The zero-order chi connectivity index (χ0) is 14.4. The van der Waals surface area contributed by atoms with Gasteiger partial charge in [0.2, 0.25) is 11.8 Å². The molecule has 1 N–H and O–H groups in total. The van der Waals surface area contributed by atoms with Crippen molar-refractivity contribution in [1.82, 2.24) is 20.5 Å². The highest BCUT2D eigenvalue weighted by Crippen LogP contribution is 2.22. The molecule has 0 bridgehead atoms. The number of rotatable bonds is 6. The zero-order valence-electron chi connectivity index (χ0n) is 11.4. The zero-order valence-corrected chi connectivity index (χ0v) is 12.2. The van der Waals surface area contributed by atoms with E-state index >= 15 is 0 Å². The van der Waals surface area contributed by atoms with Crippen LogP contribution in [0.15, 0.2) is 34.2 Å². The van der Waals surface area contributed by atoms with E-state index in [9.17, 15) is 4.79 Å². The molecule has 20 heavy (non-hydrogen) atoms. The van der Waals surface area contributed by atoms with E-state index in [-0.39, 0.29) is 17.7 Å². The second-order valence-electron chi connectivity index (χ2n) is 4.28. The number of thioether (sulfide) groups is 1. The molecule has 0 unspecified atom stereocenters. The highest BCUT2D eigenvalue weighted by atomic mass is 32.2. The lowest BCUT2D eigenvalue weighted by atomic mass is 10.3. The van der Waals surface area contributed by atoms with Crippen molar-refractivity contribution in [3.8, 4) is 11.5 Å². The van der Waals surface area contributed by atoms with E-state index < -0.39 is 0 Å². The van der Waals surface area contributed by atoms with E-state index in [1.54, 1.807) is 18.5 Å². The van der Waals surface area contributed by atoms with Crippen molar-refractivity contribution in [2.24, 2.45) is 0 Å². The third kappa shape index (κ3) is 4.06. The first-order valence-electron chi connectivity index (χ1n) is 6.35. The third-order valence-corrected chi connectivity index (χ3v) is 3.48. The molecule has 6 nitrogen and oxygen atoms in total. The van der Waals surface area contributed by atoms with Gasteiger partial charge in [-0.15, -0.1) is 10.2 Å². The summed E-state index contributed by atoms with van der Waals surface area (Å²) in [6, 6.07) is 3.81. The fraction of sp³-hybridized carbons (Fsp3) is 0.385. The Kier molecular flexibility index (Phi) is 5.11. The highest BCUT2D eigenvalue weighted by Gasteiger charge is 2.12. The van der Waals surface area contributed by atoms with Crippen LogP contribution in [-0.2, 0) is 4.79 Å². The van der Waals surface area contributed by atoms with Crippen LogP contribution in [0, 0.1) is 0 Å². The molecule has 1 amide bonds. The van der Waals surface area contributed by atoms with Gasteiger partial charge in [-0.3, -0.25) is 9.78 Å². The lowest BCUT2D eigenvalue weighted by Gasteiger charge is -2.09. The van der Waals surface area contributed by atoms with Crippen molar-refractivity contribution in [1.29, 1.82) is 0 Å². The van der Waals surface area contributed by atoms with Gasteiger partial charge in [0.15, 0.2) is 0 Å². The predicted molar refractivity (Wildman–Crippen MR) is 76.1 cm³/mol. The molecule has 2 aromatic heterocycles. The summed E-state index contributed by atoms with van der Waals surface area (Å²) in [5.41, 5.74) is 0.760. The Morgan fingerprint density at radius 3 is 3.05 bits per heavy atom. The minimum absolute atomic E-state index is 0.0366. The predicted octanol–water partition coefficient (Wildman–Crippen LogP) is 2.14. The summed E-state index contributed by atoms with van der Waals surface area (Å²) in [4.78, 5) is 15.6. The first kappa shape index (κ1) is 14.5. The maximum atomic E-state index is 11.6. The second-order valence-corrected chi connectivity index (χ2v) is 5.21. The Morgan fingerprint density at radius 2 is 2.35 bits per heavy atom. The monoisotopic (exact) mass is 292 g/mol. The van der Waals surface area contributed by atoms with Crippen LogP contribution in [0.25, 0.3) is 11.5 Å². The molecule has 0 aliphatic heterocycles. The van der Waals surface area contributed by atoms with Gasteiger partial charge in [0.05, 0.1) is 11.3 Å². The van der Waals surface area contributed by atoms with Gasteiger partial charge in [0, 0.05) is 18.4 Å². The van der Waals surface area contributed by atoms with Crippen LogP contribution in [0.1, 0.15) is 20.3 Å². The molecule has 2 aromatic rings. The topological polar surface area (TPSA) is 80.9 Å². The normalized spacial score (nSPS) is 12.1. The summed E-state index contributed by atoms with van der Waals surface area (Å²) < 4.78 is 5.47. The molecule has 106 valence electrons. The summed E-state index contributed by atoms with van der Waals surface area (Å²) >= 11 is 1.22. The Labute approximate surface area is 121 Å². The molecule has 2 heterocycles. The van der Waals surface area contributed by atoms with Gasteiger partial charge in [-0.25, -0.2) is 0 Å². The standard InChI is InChI=1S/C13H16N4O2S/c1-3-9(2)15-11(18)8-20-13-17-16-12(19-13)10-5-4-6-14-7-10/h4-7,9H,3,8H2,1-2H3,(H,15,18)/t9-/m0/s1. The van der Waals surface area contributed by atoms with Crippen LogP contribution in [0.5, 0.6) is 0 Å². The van der Waals surface area contributed by atoms with Crippen molar-refractivity contribution in [3.05, 3.63) is 24.5 Å². The van der Waals surface area contributed by atoms with Gasteiger partial charge in [0.1, 0.15) is 0 Å². The van der Waals surface area contributed by atoms with Crippen LogP contribution in [0.4, 0.5) is 0 Å². The Balaban J connectivity index is 1.89. The number of amides is 1. The molecule has 0 spiro atoms. The number of nitrogens with zero attached hydrogens (tertiary/aromatic N) is 3. The minimum atomic E-state index is -0.0366. The fourth-order valence-corrected chi connectivity index (χ4v) is 1.99. The molecular weight excluding hydrogens is 276 g/mol. The Bertz CT molecular complexity index is 559. The number of aromatic nitrogens is 3. The molecule has 0 aliphatic carbocycles. The quantitative estimate of drug-likeness (QED) is 0.822. The van der Waals surface area contributed by atoms with E-state index in [0.717, 1.165) is 12.0 Å². The molecule has 0 fully saturated rings. The third-order valence-electron chi connectivity index (χ3n) is 2.66. The summed E-state index contributed by atoms with van der Waals surface area (Å²) in [5, 5.41) is 11.1. The summed E-state index contributed by atoms with van der Waals surface area (Å²) in [6.45, 7) is 3.99.